The van der Waals surface area contributed by atoms with E-state index >= 15 is 0 Å². The van der Waals surface area contributed by atoms with Crippen LogP contribution in [-0.4, -0.2) is 49.3 Å². The normalized spacial score (nSPS) is 28.4. The zero-order chi connectivity index (χ0) is 18.0. The molecule has 26 heavy (non-hydrogen) atoms. The molecule has 0 radical (unpaired) electrons. The summed E-state index contributed by atoms with van der Waals surface area (Å²) in [6.07, 6.45) is 5.58. The van der Waals surface area contributed by atoms with Gasteiger partial charge in [0.25, 0.3) is 0 Å². The van der Waals surface area contributed by atoms with Gasteiger partial charge in [0.15, 0.2) is 0 Å². The molecule has 0 aliphatic carbocycles. The minimum Gasteiger partial charge on any atom is -0.465 e. The molecule has 0 N–H and O–H groups in total. The van der Waals surface area contributed by atoms with Crippen molar-refractivity contribution in [3.63, 3.8) is 0 Å². The van der Waals surface area contributed by atoms with Crippen LogP contribution in [0.1, 0.15) is 23.7 Å². The predicted molar refractivity (Wildman–Crippen MR) is 97.6 cm³/mol. The Hall–Kier alpha value is -2.37. The van der Waals surface area contributed by atoms with Gasteiger partial charge in [-0.25, -0.2) is 0 Å². The van der Waals surface area contributed by atoms with Crippen LogP contribution in [0.2, 0.25) is 0 Å². The molecular formula is C21H23NO4. The van der Waals surface area contributed by atoms with Crippen LogP contribution < -0.4 is 0 Å². The van der Waals surface area contributed by atoms with E-state index < -0.39 is 5.60 Å². The third-order valence-corrected chi connectivity index (χ3v) is 5.40. The Labute approximate surface area is 153 Å². The molecule has 1 aromatic carbocycles. The van der Waals surface area contributed by atoms with Gasteiger partial charge in [0.1, 0.15) is 17.5 Å². The SMILES string of the molecule is CO[C@@H]1CN(C(=O)/C=C/c2ccco2)C[C@]12C[C@@H](c1ccccc1)CO2. The van der Waals surface area contributed by atoms with Crippen molar-refractivity contribution < 1.29 is 18.7 Å². The maximum absolute atomic E-state index is 12.6. The van der Waals surface area contributed by atoms with E-state index in [0.717, 1.165) is 6.42 Å². The molecule has 2 fully saturated rings. The third-order valence-electron chi connectivity index (χ3n) is 5.40. The van der Waals surface area contributed by atoms with Crippen molar-refractivity contribution in [2.24, 2.45) is 0 Å². The molecular weight excluding hydrogens is 330 g/mol. The van der Waals surface area contributed by atoms with Gasteiger partial charge in [-0.2, -0.15) is 0 Å². The number of amides is 1. The lowest BCUT2D eigenvalue weighted by Gasteiger charge is -2.28. The number of hydrogen-bond donors (Lipinski definition) is 0. The molecule has 2 saturated heterocycles. The Balaban J connectivity index is 1.47. The Bertz CT molecular complexity index is 771. The zero-order valence-electron chi connectivity index (χ0n) is 14.8. The number of carbonyl (C=O) groups is 1. The van der Waals surface area contributed by atoms with Crippen LogP contribution in [0.15, 0.2) is 59.2 Å². The summed E-state index contributed by atoms with van der Waals surface area (Å²) in [5, 5.41) is 0. The third kappa shape index (κ3) is 3.20. The fourth-order valence-electron chi connectivity index (χ4n) is 4.03. The second kappa shape index (κ2) is 7.09. The highest BCUT2D eigenvalue weighted by Gasteiger charge is 2.53. The van der Waals surface area contributed by atoms with Crippen molar-refractivity contribution in [2.75, 3.05) is 26.8 Å². The first-order chi connectivity index (χ1) is 12.7. The Morgan fingerprint density at radius 1 is 1.27 bits per heavy atom. The lowest BCUT2D eigenvalue weighted by atomic mass is 9.87. The molecule has 1 amide bonds. The maximum atomic E-state index is 12.6. The first-order valence-corrected chi connectivity index (χ1v) is 8.92. The topological polar surface area (TPSA) is 51.9 Å². The summed E-state index contributed by atoms with van der Waals surface area (Å²) < 4.78 is 17.2. The fraction of sp³-hybridized carbons (Fsp3) is 0.381. The second-order valence-corrected chi connectivity index (χ2v) is 6.98. The van der Waals surface area contributed by atoms with Gasteiger partial charge in [-0.1, -0.05) is 30.3 Å². The molecule has 0 bridgehead atoms. The van der Waals surface area contributed by atoms with Crippen molar-refractivity contribution in [1.29, 1.82) is 0 Å². The highest BCUT2D eigenvalue weighted by atomic mass is 16.6. The molecule has 4 rings (SSSR count). The summed E-state index contributed by atoms with van der Waals surface area (Å²) in [5.74, 6) is 0.950. The number of furan rings is 1. The molecule has 1 aromatic heterocycles. The number of likely N-dealkylation sites (tertiary alicyclic amines) is 1. The number of carbonyl (C=O) groups excluding carboxylic acids is 1. The Kier molecular flexibility index (Phi) is 4.66. The molecule has 2 aliphatic heterocycles. The number of nitrogens with zero attached hydrogens (tertiary/aromatic N) is 1. The molecule has 3 heterocycles. The van der Waals surface area contributed by atoms with E-state index in [1.165, 1.54) is 5.56 Å². The molecule has 0 unspecified atom stereocenters. The van der Waals surface area contributed by atoms with Crippen LogP contribution in [0, 0.1) is 0 Å². The van der Waals surface area contributed by atoms with E-state index in [-0.39, 0.29) is 12.0 Å². The van der Waals surface area contributed by atoms with E-state index in [0.29, 0.717) is 31.4 Å². The molecule has 5 nitrogen and oxygen atoms in total. The van der Waals surface area contributed by atoms with Gasteiger partial charge in [-0.15, -0.1) is 0 Å². The monoisotopic (exact) mass is 353 g/mol. The van der Waals surface area contributed by atoms with Gasteiger partial charge < -0.3 is 18.8 Å². The fourth-order valence-corrected chi connectivity index (χ4v) is 4.03. The van der Waals surface area contributed by atoms with E-state index in [1.54, 1.807) is 36.5 Å². The highest BCUT2D eigenvalue weighted by Crippen LogP contribution is 2.43. The first kappa shape index (κ1) is 17.1. The number of rotatable bonds is 4. The van der Waals surface area contributed by atoms with Gasteiger partial charge in [0.05, 0.1) is 26.0 Å². The minimum atomic E-state index is -0.427. The van der Waals surface area contributed by atoms with Crippen LogP contribution in [-0.2, 0) is 14.3 Å². The van der Waals surface area contributed by atoms with Crippen molar-refractivity contribution in [2.45, 2.75) is 24.0 Å². The first-order valence-electron chi connectivity index (χ1n) is 8.92. The van der Waals surface area contributed by atoms with Crippen LogP contribution in [0.5, 0.6) is 0 Å². The molecule has 0 saturated carbocycles. The minimum absolute atomic E-state index is 0.0490. The van der Waals surface area contributed by atoms with Crippen LogP contribution in [0.3, 0.4) is 0 Å². The van der Waals surface area contributed by atoms with Crippen molar-refractivity contribution >= 4 is 12.0 Å². The Morgan fingerprint density at radius 2 is 2.12 bits per heavy atom. The summed E-state index contributed by atoms with van der Waals surface area (Å²) in [7, 11) is 1.69. The largest absolute Gasteiger partial charge is 0.465 e. The van der Waals surface area contributed by atoms with Gasteiger partial charge in [-0.3, -0.25) is 4.79 Å². The standard InChI is InChI=1S/C21H23NO4/c1-24-19-13-22(20(23)10-9-18-8-5-11-25-18)15-21(19)12-17(14-26-21)16-6-3-2-4-7-16/h2-11,17,19H,12-15H2,1H3/b10-9+/t17-,19-,21-/m1/s1. The second-order valence-electron chi connectivity index (χ2n) is 6.98. The van der Waals surface area contributed by atoms with Crippen molar-refractivity contribution in [1.82, 2.24) is 4.90 Å². The lowest BCUT2D eigenvalue weighted by Crippen LogP contribution is -2.42. The highest BCUT2D eigenvalue weighted by molar-refractivity contribution is 5.91. The molecule has 5 heteroatoms. The van der Waals surface area contributed by atoms with E-state index in [9.17, 15) is 4.79 Å². The van der Waals surface area contributed by atoms with Gasteiger partial charge in [-0.05, 0) is 30.2 Å². The van der Waals surface area contributed by atoms with Gasteiger partial charge >= 0.3 is 0 Å². The zero-order valence-corrected chi connectivity index (χ0v) is 14.8. The summed E-state index contributed by atoms with van der Waals surface area (Å²) in [6, 6.07) is 14.0. The predicted octanol–water partition coefficient (Wildman–Crippen LogP) is 3.09. The van der Waals surface area contributed by atoms with E-state index in [2.05, 4.69) is 24.3 Å². The number of hydrogen-bond acceptors (Lipinski definition) is 4. The van der Waals surface area contributed by atoms with Crippen molar-refractivity contribution in [3.05, 3.63) is 66.1 Å². The summed E-state index contributed by atoms with van der Waals surface area (Å²) in [5.41, 5.74) is 0.852. The van der Waals surface area contributed by atoms with Crippen molar-refractivity contribution in [3.8, 4) is 0 Å². The lowest BCUT2D eigenvalue weighted by molar-refractivity contribution is -0.126. The number of methoxy groups -OCH3 is 1. The average molecular weight is 353 g/mol. The van der Waals surface area contributed by atoms with Crippen LogP contribution in [0.25, 0.3) is 6.08 Å². The molecule has 2 aromatic rings. The maximum Gasteiger partial charge on any atom is 0.246 e. The molecule has 1 spiro atoms. The molecule has 3 atom stereocenters. The van der Waals surface area contributed by atoms with Crippen LogP contribution in [0.4, 0.5) is 0 Å². The molecule has 136 valence electrons. The summed E-state index contributed by atoms with van der Waals surface area (Å²) in [6.45, 7) is 1.75. The quantitative estimate of drug-likeness (QED) is 0.793. The molecule has 2 aliphatic rings. The number of benzene rings is 1. The van der Waals surface area contributed by atoms with E-state index in [4.69, 9.17) is 13.9 Å². The summed E-state index contributed by atoms with van der Waals surface area (Å²) in [4.78, 5) is 14.4. The summed E-state index contributed by atoms with van der Waals surface area (Å²) >= 11 is 0. The van der Waals surface area contributed by atoms with Crippen LogP contribution >= 0.6 is 0 Å². The number of ether oxygens (including phenoxy) is 2. The smallest absolute Gasteiger partial charge is 0.246 e. The van der Waals surface area contributed by atoms with E-state index in [1.807, 2.05) is 12.1 Å². The van der Waals surface area contributed by atoms with Gasteiger partial charge in [0, 0.05) is 19.1 Å². The Morgan fingerprint density at radius 3 is 2.85 bits per heavy atom. The average Bonchev–Trinajstić information content (AvgIpc) is 3.41. The van der Waals surface area contributed by atoms with Gasteiger partial charge in [0.2, 0.25) is 5.91 Å².